The lowest BCUT2D eigenvalue weighted by atomic mass is 10.3. The second-order valence-electron chi connectivity index (χ2n) is 4.68. The Morgan fingerprint density at radius 3 is 1.43 bits per heavy atom. The first-order chi connectivity index (χ1) is 11.2. The van der Waals surface area contributed by atoms with E-state index >= 15 is 0 Å². The fourth-order valence-electron chi connectivity index (χ4n) is 1.86. The number of rotatable bonds is 5. The van der Waals surface area contributed by atoms with E-state index in [0.29, 0.717) is 11.5 Å². The lowest BCUT2D eigenvalue weighted by molar-refractivity contribution is 0.499. The van der Waals surface area contributed by atoms with Crippen LogP contribution in [-0.2, 0) is 0 Å². The van der Waals surface area contributed by atoms with Crippen LogP contribution in [0.3, 0.4) is 0 Å². The average molecular weight is 330 g/mol. The minimum absolute atomic E-state index is 0.333. The van der Waals surface area contributed by atoms with Crippen LogP contribution in [-0.4, -0.2) is 0 Å². The Morgan fingerprint density at radius 1 is 0.565 bits per heavy atom. The maximum atomic E-state index is 13.0. The molecule has 0 aliphatic rings. The summed E-state index contributed by atoms with van der Waals surface area (Å²) in [6, 6.07) is 20.9. The van der Waals surface area contributed by atoms with Crippen LogP contribution >= 0.6 is 8.38 Å². The van der Waals surface area contributed by atoms with Gasteiger partial charge in [0.2, 0.25) is 0 Å². The van der Waals surface area contributed by atoms with Crippen molar-refractivity contribution in [1.29, 1.82) is 0 Å². The molecular weight excluding hydrogens is 317 g/mol. The molecular formula is C18H13F2O2P. The van der Waals surface area contributed by atoms with Gasteiger partial charge in [0.15, 0.2) is 0 Å². The molecule has 0 unspecified atom stereocenters. The van der Waals surface area contributed by atoms with Gasteiger partial charge in [-0.15, -0.1) is 0 Å². The van der Waals surface area contributed by atoms with E-state index in [2.05, 4.69) is 0 Å². The predicted molar refractivity (Wildman–Crippen MR) is 87.1 cm³/mol. The van der Waals surface area contributed by atoms with Gasteiger partial charge in [-0.25, -0.2) is 8.78 Å². The third kappa shape index (κ3) is 4.27. The highest BCUT2D eigenvalue weighted by Crippen LogP contribution is 2.39. The first kappa shape index (κ1) is 15.4. The first-order valence-corrected chi connectivity index (χ1v) is 8.11. The SMILES string of the molecule is Fc1ccc(OP(Oc2ccc(F)cc2)c2ccccc2)cc1. The highest BCUT2D eigenvalue weighted by molar-refractivity contribution is 7.56. The topological polar surface area (TPSA) is 18.5 Å². The maximum Gasteiger partial charge on any atom is 0.326 e. The molecule has 2 nitrogen and oxygen atoms in total. The summed E-state index contributed by atoms with van der Waals surface area (Å²) >= 11 is 0. The van der Waals surface area contributed by atoms with Gasteiger partial charge < -0.3 is 9.05 Å². The Labute approximate surface area is 134 Å². The molecule has 0 fully saturated rings. The molecule has 0 saturated heterocycles. The zero-order chi connectivity index (χ0) is 16.1. The van der Waals surface area contributed by atoms with Gasteiger partial charge in [-0.1, -0.05) is 18.2 Å². The molecule has 0 bridgehead atoms. The van der Waals surface area contributed by atoms with Crippen molar-refractivity contribution in [3.8, 4) is 11.5 Å². The van der Waals surface area contributed by atoms with E-state index in [-0.39, 0.29) is 11.6 Å². The van der Waals surface area contributed by atoms with E-state index in [9.17, 15) is 8.78 Å². The number of hydrogen-bond donors (Lipinski definition) is 0. The molecule has 3 rings (SSSR count). The second kappa shape index (κ2) is 7.21. The molecule has 116 valence electrons. The minimum Gasteiger partial charge on any atom is -0.435 e. The van der Waals surface area contributed by atoms with Crippen LogP contribution in [0.15, 0.2) is 78.9 Å². The molecule has 0 heterocycles. The van der Waals surface area contributed by atoms with E-state index in [1.54, 1.807) is 24.3 Å². The highest BCUT2D eigenvalue weighted by Gasteiger charge is 2.18. The largest absolute Gasteiger partial charge is 0.435 e. The lowest BCUT2D eigenvalue weighted by Gasteiger charge is -2.18. The van der Waals surface area contributed by atoms with Crippen molar-refractivity contribution in [2.45, 2.75) is 0 Å². The zero-order valence-corrected chi connectivity index (χ0v) is 12.9. The molecule has 0 radical (unpaired) electrons. The van der Waals surface area contributed by atoms with E-state index in [1.165, 1.54) is 24.3 Å². The number of benzene rings is 3. The smallest absolute Gasteiger partial charge is 0.326 e. The van der Waals surface area contributed by atoms with E-state index in [0.717, 1.165) is 5.30 Å². The molecule has 0 amide bonds. The standard InChI is InChI=1S/C18H13F2O2P/c19-14-6-10-16(11-7-14)21-23(18-4-2-1-3-5-18)22-17-12-8-15(20)9-13-17/h1-13H. The van der Waals surface area contributed by atoms with Gasteiger partial charge in [0.25, 0.3) is 0 Å². The van der Waals surface area contributed by atoms with Crippen LogP contribution in [0.25, 0.3) is 0 Å². The van der Waals surface area contributed by atoms with Crippen molar-refractivity contribution in [1.82, 2.24) is 0 Å². The Bertz CT molecular complexity index is 699. The quantitative estimate of drug-likeness (QED) is 0.609. The van der Waals surface area contributed by atoms with Gasteiger partial charge in [-0.3, -0.25) is 0 Å². The summed E-state index contributed by atoms with van der Waals surface area (Å²) < 4.78 is 37.8. The molecule has 0 aromatic heterocycles. The van der Waals surface area contributed by atoms with Crippen molar-refractivity contribution in [2.24, 2.45) is 0 Å². The summed E-state index contributed by atoms with van der Waals surface area (Å²) in [7, 11) is -1.47. The lowest BCUT2D eigenvalue weighted by Crippen LogP contribution is -2.09. The van der Waals surface area contributed by atoms with Crippen LogP contribution in [0.1, 0.15) is 0 Å². The zero-order valence-electron chi connectivity index (χ0n) is 12.0. The van der Waals surface area contributed by atoms with Gasteiger partial charge in [-0.2, -0.15) is 0 Å². The third-order valence-electron chi connectivity index (χ3n) is 2.97. The molecule has 0 aliphatic carbocycles. The van der Waals surface area contributed by atoms with Crippen molar-refractivity contribution in [3.05, 3.63) is 90.5 Å². The van der Waals surface area contributed by atoms with Gasteiger partial charge >= 0.3 is 8.38 Å². The van der Waals surface area contributed by atoms with Gasteiger partial charge in [-0.05, 0) is 60.7 Å². The summed E-state index contributed by atoms with van der Waals surface area (Å²) in [5, 5.41) is 0.858. The van der Waals surface area contributed by atoms with Gasteiger partial charge in [0.05, 0.1) is 5.30 Å². The van der Waals surface area contributed by atoms with E-state index < -0.39 is 8.38 Å². The summed E-state index contributed by atoms with van der Waals surface area (Å²) in [6.45, 7) is 0. The Kier molecular flexibility index (Phi) is 4.84. The minimum atomic E-state index is -1.47. The Balaban J connectivity index is 1.84. The monoisotopic (exact) mass is 330 g/mol. The van der Waals surface area contributed by atoms with Crippen LogP contribution in [0.4, 0.5) is 8.78 Å². The molecule has 3 aromatic carbocycles. The van der Waals surface area contributed by atoms with Crippen molar-refractivity contribution < 1.29 is 17.8 Å². The fraction of sp³-hybridized carbons (Fsp3) is 0. The molecule has 0 spiro atoms. The molecule has 0 saturated carbocycles. The molecule has 0 N–H and O–H groups in total. The van der Waals surface area contributed by atoms with E-state index in [1.807, 2.05) is 30.3 Å². The molecule has 3 aromatic rings. The van der Waals surface area contributed by atoms with Crippen LogP contribution in [0.2, 0.25) is 0 Å². The van der Waals surface area contributed by atoms with Crippen molar-refractivity contribution in [3.63, 3.8) is 0 Å². The molecule has 0 aliphatic heterocycles. The molecule has 5 heteroatoms. The highest BCUT2D eigenvalue weighted by atomic mass is 31.2. The first-order valence-electron chi connectivity index (χ1n) is 6.93. The normalized spacial score (nSPS) is 10.6. The average Bonchev–Trinajstić information content (AvgIpc) is 2.59. The number of hydrogen-bond acceptors (Lipinski definition) is 2. The van der Waals surface area contributed by atoms with Crippen LogP contribution < -0.4 is 14.4 Å². The maximum absolute atomic E-state index is 13.0. The third-order valence-corrected chi connectivity index (χ3v) is 4.44. The van der Waals surface area contributed by atoms with Crippen LogP contribution in [0.5, 0.6) is 11.5 Å². The summed E-state index contributed by atoms with van der Waals surface area (Å²) in [5.74, 6) is 0.341. The second-order valence-corrected chi connectivity index (χ2v) is 6.08. The van der Waals surface area contributed by atoms with Gasteiger partial charge in [0.1, 0.15) is 23.1 Å². The Hall–Kier alpha value is -2.45. The van der Waals surface area contributed by atoms with Crippen LogP contribution in [0, 0.1) is 11.6 Å². The summed E-state index contributed by atoms with van der Waals surface area (Å²) in [4.78, 5) is 0. The summed E-state index contributed by atoms with van der Waals surface area (Å²) in [6.07, 6.45) is 0. The van der Waals surface area contributed by atoms with Gasteiger partial charge in [0, 0.05) is 0 Å². The summed E-state index contributed by atoms with van der Waals surface area (Å²) in [5.41, 5.74) is 0. The predicted octanol–water partition coefficient (Wildman–Crippen LogP) is 5.06. The molecule has 23 heavy (non-hydrogen) atoms. The van der Waals surface area contributed by atoms with Crippen molar-refractivity contribution >= 4 is 13.7 Å². The fourth-order valence-corrected chi connectivity index (χ4v) is 3.15. The van der Waals surface area contributed by atoms with Crippen molar-refractivity contribution in [2.75, 3.05) is 0 Å². The Morgan fingerprint density at radius 2 is 1.00 bits per heavy atom. The molecule has 0 atom stereocenters. The number of halogens is 2. The van der Waals surface area contributed by atoms with E-state index in [4.69, 9.17) is 9.05 Å².